The van der Waals surface area contributed by atoms with Crippen molar-refractivity contribution in [2.45, 2.75) is 37.1 Å². The number of carbonyl (C=O) groups is 6. The van der Waals surface area contributed by atoms with E-state index < -0.39 is 72.9 Å². The van der Waals surface area contributed by atoms with Crippen LogP contribution >= 0.6 is 0 Å². The van der Waals surface area contributed by atoms with Crippen molar-refractivity contribution >= 4 is 35.8 Å². The van der Waals surface area contributed by atoms with Gasteiger partial charge in [-0.05, 0) is 0 Å². The molecule has 0 saturated carbocycles. The summed E-state index contributed by atoms with van der Waals surface area (Å²) in [5.41, 5.74) is 0. The largest absolute Gasteiger partial charge is 0.490 e. The first-order chi connectivity index (χ1) is 17.7. The Balaban J connectivity index is -0.0000000584. The predicted molar refractivity (Wildman–Crippen MR) is 82.1 cm³/mol. The quantitative estimate of drug-likeness (QED) is 0.191. The molecule has 0 aliphatic carbocycles. The molecule has 0 saturated heterocycles. The number of halogens is 18. The number of hydrogen-bond donors (Lipinski definition) is 6. The van der Waals surface area contributed by atoms with Gasteiger partial charge in [-0.15, -0.1) is 0 Å². The topological polar surface area (TPSA) is 224 Å². The van der Waals surface area contributed by atoms with E-state index in [9.17, 15) is 79.0 Å². The maximum atomic E-state index is 10.6. The van der Waals surface area contributed by atoms with Gasteiger partial charge >= 0.3 is 72.9 Å². The van der Waals surface area contributed by atoms with Gasteiger partial charge in [-0.25, -0.2) is 28.8 Å². The minimum Gasteiger partial charge on any atom is -0.475 e. The van der Waals surface area contributed by atoms with Crippen LogP contribution in [0.1, 0.15) is 0 Å². The number of carboxylic acids is 6. The van der Waals surface area contributed by atoms with Crippen LogP contribution in [0, 0.1) is 89.3 Å². The summed E-state index contributed by atoms with van der Waals surface area (Å²) in [5, 5.41) is 42.8. The number of hydrogen-bond acceptors (Lipinski definition) is 6. The normalized spacial score (nSPS) is 10.8. The van der Waals surface area contributed by atoms with Gasteiger partial charge in [0.25, 0.3) is 0 Å². The van der Waals surface area contributed by atoms with Crippen LogP contribution in [0.5, 0.6) is 0 Å². The maximum Gasteiger partial charge on any atom is 0.490 e. The van der Waals surface area contributed by atoms with Gasteiger partial charge in [-0.1, -0.05) is 0 Å². The second-order valence-corrected chi connectivity index (χ2v) is 4.82. The molecule has 0 bridgehead atoms. The van der Waals surface area contributed by atoms with E-state index in [2.05, 4.69) is 0 Å². The average molecular weight is 993 g/mol. The smallest absolute Gasteiger partial charge is 0.475 e. The van der Waals surface area contributed by atoms with Crippen molar-refractivity contribution in [1.29, 1.82) is 0 Å². The molecule has 0 heterocycles. The van der Waals surface area contributed by atoms with E-state index in [1.165, 1.54) is 0 Å². The third-order valence-electron chi connectivity index (χ3n) is 1.46. The summed E-state index contributed by atoms with van der Waals surface area (Å²) in [4.78, 5) is 53.4. The first-order valence-electron chi connectivity index (χ1n) is 7.47. The molecule has 0 aromatic carbocycles. The van der Waals surface area contributed by atoms with E-state index in [0.717, 1.165) is 0 Å². The van der Waals surface area contributed by atoms with Crippen LogP contribution in [-0.4, -0.2) is 104 Å². The first-order valence-corrected chi connectivity index (χ1v) is 7.47. The van der Waals surface area contributed by atoms with Crippen LogP contribution in [0.2, 0.25) is 0 Å². The zero-order valence-corrected chi connectivity index (χ0v) is 23.4. The average Bonchev–Trinajstić information content (AvgIpc) is 2.65. The standard InChI is InChI=1S/6C2HF3O2.Eu.Gd/c6*3-2(4,5)1(6)7;;/h6*(H,6,7);;. The molecule has 0 rings (SSSR count). The summed E-state index contributed by atoms with van der Waals surface area (Å²) in [6, 6.07) is 0. The molecule has 0 aromatic heterocycles. The Labute approximate surface area is 298 Å². The van der Waals surface area contributed by atoms with E-state index in [-0.39, 0.29) is 89.3 Å². The van der Waals surface area contributed by atoms with Gasteiger partial charge in [0.1, 0.15) is 0 Å². The molecule has 0 aliphatic heterocycles. The summed E-state index contributed by atoms with van der Waals surface area (Å²) in [7, 11) is 0. The predicted octanol–water partition coefficient (Wildman–Crippen LogP) is 3.80. The van der Waals surface area contributed by atoms with Gasteiger partial charge in [0.2, 0.25) is 0 Å². The summed E-state index contributed by atoms with van der Waals surface area (Å²) in [5.74, 6) is -16.5. The van der Waals surface area contributed by atoms with Gasteiger partial charge in [0.15, 0.2) is 0 Å². The minimum absolute atomic E-state index is 0. The van der Waals surface area contributed by atoms with Crippen molar-refractivity contribution in [1.82, 2.24) is 0 Å². The zero-order valence-electron chi connectivity index (χ0n) is 18.7. The van der Waals surface area contributed by atoms with Gasteiger partial charge < -0.3 is 30.6 Å². The van der Waals surface area contributed by atoms with Crippen LogP contribution in [0.3, 0.4) is 0 Å². The molecule has 0 fully saturated rings. The molecule has 32 heteroatoms. The van der Waals surface area contributed by atoms with Crippen molar-refractivity contribution in [3.8, 4) is 0 Å². The fraction of sp³-hybridized carbons (Fsp3) is 0.500. The second kappa shape index (κ2) is 24.7. The third-order valence-corrected chi connectivity index (χ3v) is 1.46. The summed E-state index contributed by atoms with van der Waals surface area (Å²) in [6.07, 6.45) is -30.5. The molecule has 12 nitrogen and oxygen atoms in total. The van der Waals surface area contributed by atoms with E-state index in [4.69, 9.17) is 59.4 Å². The molecule has 0 unspecified atom stereocenters. The Bertz CT molecular complexity index is 700. The number of rotatable bonds is 0. The van der Waals surface area contributed by atoms with E-state index in [1.807, 2.05) is 0 Å². The number of aliphatic carboxylic acids is 6. The van der Waals surface area contributed by atoms with Gasteiger partial charge in [0, 0.05) is 89.3 Å². The zero-order chi connectivity index (χ0) is 36.5. The van der Waals surface area contributed by atoms with E-state index >= 15 is 0 Å². The second-order valence-electron chi connectivity index (χ2n) is 4.82. The van der Waals surface area contributed by atoms with Crippen molar-refractivity contribution in [2.75, 3.05) is 0 Å². The molecule has 0 spiro atoms. The molecule has 1 radical (unpaired) electrons. The van der Waals surface area contributed by atoms with Crippen molar-refractivity contribution in [3.05, 3.63) is 0 Å². The van der Waals surface area contributed by atoms with Crippen molar-refractivity contribution in [3.63, 3.8) is 0 Å². The SMILES string of the molecule is O=C(O)C(F)(F)F.O=C(O)C(F)(F)F.O=C(O)C(F)(F)F.O=C(O)C(F)(F)F.O=C(O)C(F)(F)F.O=C(O)C(F)(F)F.[Eu].[Gd]. The molecule has 44 heavy (non-hydrogen) atoms. The molecule has 0 amide bonds. The Kier molecular flexibility index (Phi) is 34.5. The summed E-state index contributed by atoms with van der Waals surface area (Å²) in [6.45, 7) is 0. The maximum absolute atomic E-state index is 10.6. The Hall–Kier alpha value is -1.53. The van der Waals surface area contributed by atoms with Crippen LogP contribution < -0.4 is 0 Å². The first kappa shape index (κ1) is 61.5. The fourth-order valence-corrected chi connectivity index (χ4v) is 0. The van der Waals surface area contributed by atoms with Crippen molar-refractivity contribution < 1.29 is 228 Å². The van der Waals surface area contributed by atoms with Crippen LogP contribution in [0.15, 0.2) is 0 Å². The van der Waals surface area contributed by atoms with Crippen LogP contribution in [0.4, 0.5) is 79.0 Å². The van der Waals surface area contributed by atoms with Crippen LogP contribution in [0.25, 0.3) is 0 Å². The fourth-order valence-electron chi connectivity index (χ4n) is 0. The molecular weight excluding hydrogens is 987 g/mol. The molecule has 0 aromatic rings. The summed E-state index contributed by atoms with van der Waals surface area (Å²) < 4.78 is 190. The van der Waals surface area contributed by atoms with Gasteiger partial charge in [-0.3, -0.25) is 0 Å². The van der Waals surface area contributed by atoms with Crippen molar-refractivity contribution in [2.24, 2.45) is 0 Å². The molecule has 0 atom stereocenters. The number of alkyl halides is 18. The summed E-state index contributed by atoms with van der Waals surface area (Å²) >= 11 is 0. The van der Waals surface area contributed by atoms with E-state index in [1.54, 1.807) is 0 Å². The van der Waals surface area contributed by atoms with Gasteiger partial charge in [0.05, 0.1) is 0 Å². The third kappa shape index (κ3) is 53.1. The molecule has 0 aliphatic rings. The molecule has 6 N–H and O–H groups in total. The van der Waals surface area contributed by atoms with Crippen LogP contribution in [-0.2, 0) is 28.8 Å². The monoisotopic (exact) mass is 995 g/mol. The molecular formula is C12H6EuF18GdO12. The minimum atomic E-state index is -5.08. The Morgan fingerprint density at radius 2 is 0.295 bits per heavy atom. The number of carboxylic acid groups (broad SMARTS) is 6. The Morgan fingerprint density at radius 1 is 0.273 bits per heavy atom. The molecule has 267 valence electrons. The Morgan fingerprint density at radius 3 is 0.295 bits per heavy atom. The van der Waals surface area contributed by atoms with E-state index in [0.29, 0.717) is 0 Å². The van der Waals surface area contributed by atoms with Gasteiger partial charge in [-0.2, -0.15) is 79.0 Å².